The van der Waals surface area contributed by atoms with E-state index in [1.807, 2.05) is 11.8 Å². The van der Waals surface area contributed by atoms with Crippen LogP contribution < -0.4 is 4.90 Å². The maximum atomic E-state index is 13.3. The second kappa shape index (κ2) is 5.31. The van der Waals surface area contributed by atoms with Crippen molar-refractivity contribution in [3.05, 3.63) is 22.6 Å². The summed E-state index contributed by atoms with van der Waals surface area (Å²) in [6, 6.07) is 3.16. The standard InChI is InChI=1S/C12H16BrFN2O/c1-2-10(17)7-16(9-3-4-9)12-6-8(14)5-11(13)15-12/h5-6,9-10,17H,2-4,7H2,1H3. The van der Waals surface area contributed by atoms with Crippen LogP contribution in [0.5, 0.6) is 0 Å². The highest BCUT2D eigenvalue weighted by Gasteiger charge is 2.31. The van der Waals surface area contributed by atoms with Gasteiger partial charge in [-0.25, -0.2) is 9.37 Å². The summed E-state index contributed by atoms with van der Waals surface area (Å²) in [5.74, 6) is 0.297. The van der Waals surface area contributed by atoms with Crippen molar-refractivity contribution < 1.29 is 9.50 Å². The van der Waals surface area contributed by atoms with Gasteiger partial charge in [-0.1, -0.05) is 6.92 Å². The fourth-order valence-corrected chi connectivity index (χ4v) is 2.17. The Balaban J connectivity index is 2.19. The van der Waals surface area contributed by atoms with E-state index in [4.69, 9.17) is 0 Å². The Morgan fingerprint density at radius 3 is 2.82 bits per heavy atom. The highest BCUT2D eigenvalue weighted by molar-refractivity contribution is 9.10. The number of hydrogen-bond donors (Lipinski definition) is 1. The molecule has 1 fully saturated rings. The van der Waals surface area contributed by atoms with Gasteiger partial charge < -0.3 is 10.0 Å². The van der Waals surface area contributed by atoms with Crippen molar-refractivity contribution in [2.24, 2.45) is 0 Å². The third kappa shape index (κ3) is 3.39. The Kier molecular flexibility index (Phi) is 3.99. The fraction of sp³-hybridized carbons (Fsp3) is 0.583. The van der Waals surface area contributed by atoms with E-state index in [2.05, 4.69) is 20.9 Å². The molecule has 17 heavy (non-hydrogen) atoms. The normalized spacial score (nSPS) is 16.9. The zero-order chi connectivity index (χ0) is 12.4. The van der Waals surface area contributed by atoms with Crippen LogP contribution in [0.4, 0.5) is 10.2 Å². The first-order valence-electron chi connectivity index (χ1n) is 5.88. The minimum Gasteiger partial charge on any atom is -0.391 e. The number of rotatable bonds is 5. The summed E-state index contributed by atoms with van der Waals surface area (Å²) in [5.41, 5.74) is 0. The number of halogens is 2. The van der Waals surface area contributed by atoms with Gasteiger partial charge in [-0.3, -0.25) is 0 Å². The molecule has 1 heterocycles. The lowest BCUT2D eigenvalue weighted by Crippen LogP contribution is -2.34. The molecule has 1 atom stereocenters. The number of pyridine rings is 1. The molecule has 94 valence electrons. The van der Waals surface area contributed by atoms with Gasteiger partial charge in [-0.15, -0.1) is 0 Å². The molecule has 5 heteroatoms. The molecule has 0 aliphatic heterocycles. The van der Waals surface area contributed by atoms with Crippen molar-refractivity contribution in [3.8, 4) is 0 Å². The zero-order valence-electron chi connectivity index (χ0n) is 9.74. The number of nitrogens with zero attached hydrogens (tertiary/aromatic N) is 2. The third-order valence-electron chi connectivity index (χ3n) is 2.91. The number of aromatic nitrogens is 1. The summed E-state index contributed by atoms with van der Waals surface area (Å²) in [4.78, 5) is 6.28. The molecule has 0 radical (unpaired) electrons. The predicted octanol–water partition coefficient (Wildman–Crippen LogP) is 2.72. The van der Waals surface area contributed by atoms with Gasteiger partial charge >= 0.3 is 0 Å². The second-order valence-electron chi connectivity index (χ2n) is 4.41. The summed E-state index contributed by atoms with van der Waals surface area (Å²) >= 11 is 3.19. The van der Waals surface area contributed by atoms with Crippen molar-refractivity contribution in [1.82, 2.24) is 4.98 Å². The molecule has 0 aromatic carbocycles. The quantitative estimate of drug-likeness (QED) is 0.850. The molecule has 1 saturated carbocycles. The lowest BCUT2D eigenvalue weighted by atomic mass is 10.2. The van der Waals surface area contributed by atoms with Crippen LogP contribution in [0.1, 0.15) is 26.2 Å². The van der Waals surface area contributed by atoms with Crippen molar-refractivity contribution in [3.63, 3.8) is 0 Å². The van der Waals surface area contributed by atoms with Gasteiger partial charge in [0.15, 0.2) is 0 Å². The minimum absolute atomic E-state index is 0.307. The summed E-state index contributed by atoms with van der Waals surface area (Å²) in [6.07, 6.45) is 2.48. The van der Waals surface area contributed by atoms with Crippen molar-refractivity contribution in [1.29, 1.82) is 0 Å². The van der Waals surface area contributed by atoms with E-state index in [0.29, 0.717) is 29.4 Å². The number of anilines is 1. The lowest BCUT2D eigenvalue weighted by Gasteiger charge is -2.26. The van der Waals surface area contributed by atoms with Crippen LogP contribution in [0, 0.1) is 5.82 Å². The van der Waals surface area contributed by atoms with Crippen LogP contribution >= 0.6 is 15.9 Å². The van der Waals surface area contributed by atoms with E-state index in [9.17, 15) is 9.50 Å². The van der Waals surface area contributed by atoms with Gasteiger partial charge in [0.25, 0.3) is 0 Å². The number of hydrogen-bond acceptors (Lipinski definition) is 3. The summed E-state index contributed by atoms with van der Waals surface area (Å²) in [7, 11) is 0. The highest BCUT2D eigenvalue weighted by Crippen LogP contribution is 2.31. The van der Waals surface area contributed by atoms with E-state index in [1.54, 1.807) is 0 Å². The SMILES string of the molecule is CCC(O)CN(c1cc(F)cc(Br)n1)C1CC1. The Morgan fingerprint density at radius 1 is 1.59 bits per heavy atom. The van der Waals surface area contributed by atoms with Crippen LogP contribution in [0.3, 0.4) is 0 Å². The molecule has 1 N–H and O–H groups in total. The maximum Gasteiger partial charge on any atom is 0.133 e. The van der Waals surface area contributed by atoms with Gasteiger partial charge in [0.05, 0.1) is 6.10 Å². The van der Waals surface area contributed by atoms with E-state index in [0.717, 1.165) is 12.8 Å². The van der Waals surface area contributed by atoms with Crippen molar-refractivity contribution in [2.45, 2.75) is 38.3 Å². The van der Waals surface area contributed by atoms with Crippen LogP contribution in [-0.2, 0) is 0 Å². The Labute approximate surface area is 109 Å². The lowest BCUT2D eigenvalue weighted by molar-refractivity contribution is 0.175. The topological polar surface area (TPSA) is 36.4 Å². The molecule has 1 aliphatic rings. The average molecular weight is 303 g/mol. The van der Waals surface area contributed by atoms with Gasteiger partial charge in [-0.2, -0.15) is 0 Å². The molecule has 0 saturated heterocycles. The van der Waals surface area contributed by atoms with Crippen molar-refractivity contribution >= 4 is 21.7 Å². The monoisotopic (exact) mass is 302 g/mol. The second-order valence-corrected chi connectivity index (χ2v) is 5.22. The number of aliphatic hydroxyl groups excluding tert-OH is 1. The Bertz CT molecular complexity index is 378. The molecule has 0 amide bonds. The van der Waals surface area contributed by atoms with Gasteiger partial charge in [-0.05, 0) is 35.2 Å². The molecule has 1 aliphatic carbocycles. The third-order valence-corrected chi connectivity index (χ3v) is 3.31. The van der Waals surface area contributed by atoms with Crippen LogP contribution in [0.2, 0.25) is 0 Å². The molecular weight excluding hydrogens is 287 g/mol. The molecule has 0 spiro atoms. The van der Waals surface area contributed by atoms with Crippen LogP contribution in [0.15, 0.2) is 16.7 Å². The molecule has 3 nitrogen and oxygen atoms in total. The first kappa shape index (κ1) is 12.8. The molecule has 1 aromatic rings. The average Bonchev–Trinajstić information content (AvgIpc) is 3.07. The molecule has 1 aromatic heterocycles. The number of aliphatic hydroxyl groups is 1. The van der Waals surface area contributed by atoms with E-state index >= 15 is 0 Å². The smallest absolute Gasteiger partial charge is 0.133 e. The van der Waals surface area contributed by atoms with E-state index in [-0.39, 0.29) is 11.9 Å². The minimum atomic E-state index is -0.389. The fourth-order valence-electron chi connectivity index (χ4n) is 1.77. The van der Waals surface area contributed by atoms with Gasteiger partial charge in [0.1, 0.15) is 16.2 Å². The summed E-state index contributed by atoms with van der Waals surface area (Å²) in [6.45, 7) is 2.45. The first-order chi connectivity index (χ1) is 8.10. The van der Waals surface area contributed by atoms with E-state index in [1.165, 1.54) is 12.1 Å². The molecule has 2 rings (SSSR count). The van der Waals surface area contributed by atoms with E-state index < -0.39 is 0 Å². The van der Waals surface area contributed by atoms with Crippen molar-refractivity contribution in [2.75, 3.05) is 11.4 Å². The highest BCUT2D eigenvalue weighted by atomic mass is 79.9. The Hall–Kier alpha value is -0.680. The Morgan fingerprint density at radius 2 is 2.29 bits per heavy atom. The summed E-state index contributed by atoms with van der Waals surface area (Å²) < 4.78 is 13.8. The van der Waals surface area contributed by atoms with Crippen LogP contribution in [-0.4, -0.2) is 28.8 Å². The predicted molar refractivity (Wildman–Crippen MR) is 68.6 cm³/mol. The zero-order valence-corrected chi connectivity index (χ0v) is 11.3. The summed E-state index contributed by atoms with van der Waals surface area (Å²) in [5, 5.41) is 9.73. The first-order valence-corrected chi connectivity index (χ1v) is 6.67. The largest absolute Gasteiger partial charge is 0.391 e. The maximum absolute atomic E-state index is 13.3. The molecule has 1 unspecified atom stereocenters. The molecular formula is C12H16BrFN2O. The molecule has 0 bridgehead atoms. The van der Waals surface area contributed by atoms with Crippen LogP contribution in [0.25, 0.3) is 0 Å². The van der Waals surface area contributed by atoms with Gasteiger partial charge in [0.2, 0.25) is 0 Å². The van der Waals surface area contributed by atoms with Gasteiger partial charge in [0, 0.05) is 24.7 Å².